The molecular formula is C17H14N2O4S2. The third-order valence-corrected chi connectivity index (χ3v) is 4.98. The van der Waals surface area contributed by atoms with Crippen LogP contribution in [0.15, 0.2) is 56.9 Å². The highest BCUT2D eigenvalue weighted by atomic mass is 32.2. The van der Waals surface area contributed by atoms with E-state index >= 15 is 0 Å². The third kappa shape index (κ3) is 4.15. The van der Waals surface area contributed by atoms with Crippen LogP contribution >= 0.6 is 23.5 Å². The fraction of sp³-hybridized carbons (Fsp3) is 0.118. The molecule has 1 saturated heterocycles. The molecule has 0 unspecified atom stereocenters. The van der Waals surface area contributed by atoms with E-state index in [0.717, 1.165) is 21.6 Å². The Morgan fingerprint density at radius 3 is 2.88 bits per heavy atom. The normalized spacial score (nSPS) is 15.9. The first-order valence-corrected chi connectivity index (χ1v) is 9.34. The van der Waals surface area contributed by atoms with Crippen molar-refractivity contribution in [2.24, 2.45) is 0 Å². The average molecular weight is 374 g/mol. The number of carbonyl (C=O) groups is 3. The second-order valence-corrected chi connectivity index (χ2v) is 6.94. The average Bonchev–Trinajstić information content (AvgIpc) is 3.19. The minimum absolute atomic E-state index is 0.233. The number of benzene rings is 1. The van der Waals surface area contributed by atoms with Gasteiger partial charge in [0, 0.05) is 16.7 Å². The number of imide groups is 1. The minimum atomic E-state index is -0.501. The number of amides is 3. The van der Waals surface area contributed by atoms with Gasteiger partial charge in [0.25, 0.3) is 11.1 Å². The zero-order valence-corrected chi connectivity index (χ0v) is 14.9. The van der Waals surface area contributed by atoms with Crippen LogP contribution in [0.2, 0.25) is 0 Å². The molecule has 0 spiro atoms. The van der Waals surface area contributed by atoms with Gasteiger partial charge in [-0.25, -0.2) is 0 Å². The Balaban J connectivity index is 1.66. The maximum absolute atomic E-state index is 12.3. The summed E-state index contributed by atoms with van der Waals surface area (Å²) in [4.78, 5) is 38.7. The van der Waals surface area contributed by atoms with Gasteiger partial charge in [0.2, 0.25) is 5.91 Å². The van der Waals surface area contributed by atoms with Crippen LogP contribution in [0.25, 0.3) is 6.08 Å². The molecule has 2 aromatic rings. The van der Waals surface area contributed by atoms with Gasteiger partial charge in [-0.2, -0.15) is 0 Å². The van der Waals surface area contributed by atoms with E-state index in [2.05, 4.69) is 5.32 Å². The fourth-order valence-corrected chi connectivity index (χ4v) is 3.46. The minimum Gasteiger partial charge on any atom is -0.465 e. The molecule has 0 aliphatic carbocycles. The van der Waals surface area contributed by atoms with Crippen LogP contribution in [-0.2, 0) is 9.59 Å². The predicted octanol–water partition coefficient (Wildman–Crippen LogP) is 3.68. The Hall–Kier alpha value is -2.45. The number of carbonyl (C=O) groups excluding carboxylic acids is 3. The van der Waals surface area contributed by atoms with Crippen LogP contribution in [0, 0.1) is 0 Å². The number of nitrogens with one attached hydrogen (secondary N) is 1. The zero-order valence-electron chi connectivity index (χ0n) is 13.2. The molecule has 3 amide bonds. The molecular weight excluding hydrogens is 360 g/mol. The van der Waals surface area contributed by atoms with E-state index in [1.54, 1.807) is 30.0 Å². The summed E-state index contributed by atoms with van der Waals surface area (Å²) in [5.74, 6) is -0.456. The van der Waals surface area contributed by atoms with E-state index in [-0.39, 0.29) is 11.4 Å². The lowest BCUT2D eigenvalue weighted by Crippen LogP contribution is -2.36. The molecule has 0 saturated carbocycles. The Kier molecular flexibility index (Phi) is 5.30. The summed E-state index contributed by atoms with van der Waals surface area (Å²) in [6, 6.07) is 10.7. The summed E-state index contributed by atoms with van der Waals surface area (Å²) < 4.78 is 5.14. The van der Waals surface area contributed by atoms with E-state index in [1.807, 2.05) is 24.5 Å². The second-order valence-electron chi connectivity index (χ2n) is 5.06. The number of nitrogens with zero attached hydrogens (tertiary/aromatic N) is 1. The van der Waals surface area contributed by atoms with Gasteiger partial charge >= 0.3 is 0 Å². The fourth-order valence-electron chi connectivity index (χ4n) is 2.18. The molecule has 0 radical (unpaired) electrons. The van der Waals surface area contributed by atoms with Crippen LogP contribution < -0.4 is 5.32 Å². The first kappa shape index (κ1) is 17.4. The van der Waals surface area contributed by atoms with Gasteiger partial charge in [-0.3, -0.25) is 19.3 Å². The summed E-state index contributed by atoms with van der Waals surface area (Å²) >= 11 is 2.35. The van der Waals surface area contributed by atoms with E-state index in [0.29, 0.717) is 11.4 Å². The summed E-state index contributed by atoms with van der Waals surface area (Å²) in [5.41, 5.74) is 0.620. The molecule has 0 bridgehead atoms. The van der Waals surface area contributed by atoms with Gasteiger partial charge in [0.15, 0.2) is 0 Å². The maximum atomic E-state index is 12.3. The van der Waals surface area contributed by atoms with E-state index in [1.165, 1.54) is 12.3 Å². The summed E-state index contributed by atoms with van der Waals surface area (Å²) in [6.45, 7) is -0.330. The van der Waals surface area contributed by atoms with E-state index in [9.17, 15) is 14.4 Å². The van der Waals surface area contributed by atoms with Gasteiger partial charge in [-0.05, 0) is 48.3 Å². The highest BCUT2D eigenvalue weighted by Crippen LogP contribution is 2.32. The maximum Gasteiger partial charge on any atom is 0.294 e. The number of anilines is 1. The Labute approximate surface area is 152 Å². The number of hydrogen-bond acceptors (Lipinski definition) is 6. The van der Waals surface area contributed by atoms with Crippen molar-refractivity contribution < 1.29 is 18.8 Å². The van der Waals surface area contributed by atoms with Crippen LogP contribution in [0.5, 0.6) is 0 Å². The molecule has 1 aromatic heterocycles. The summed E-state index contributed by atoms with van der Waals surface area (Å²) in [7, 11) is 0. The molecule has 1 N–H and O–H groups in total. The summed E-state index contributed by atoms with van der Waals surface area (Å²) in [6.07, 6.45) is 4.91. The van der Waals surface area contributed by atoms with Crippen molar-refractivity contribution >= 4 is 52.3 Å². The second kappa shape index (κ2) is 7.62. The lowest BCUT2D eigenvalue weighted by atomic mass is 10.3. The van der Waals surface area contributed by atoms with Crippen molar-refractivity contribution in [3.63, 3.8) is 0 Å². The van der Waals surface area contributed by atoms with Crippen molar-refractivity contribution in [3.8, 4) is 0 Å². The third-order valence-electron chi connectivity index (χ3n) is 3.35. The molecule has 2 heterocycles. The van der Waals surface area contributed by atoms with Gasteiger partial charge in [-0.15, -0.1) is 11.8 Å². The largest absolute Gasteiger partial charge is 0.465 e. The van der Waals surface area contributed by atoms with Crippen LogP contribution in [0.4, 0.5) is 10.5 Å². The van der Waals surface area contributed by atoms with Crippen molar-refractivity contribution in [2.75, 3.05) is 18.1 Å². The van der Waals surface area contributed by atoms with Crippen LogP contribution in [-0.4, -0.2) is 34.8 Å². The summed E-state index contributed by atoms with van der Waals surface area (Å²) in [5, 5.41) is 2.22. The highest BCUT2D eigenvalue weighted by molar-refractivity contribution is 8.18. The Morgan fingerprint density at radius 2 is 2.16 bits per heavy atom. The smallest absolute Gasteiger partial charge is 0.294 e. The highest BCUT2D eigenvalue weighted by Gasteiger charge is 2.36. The van der Waals surface area contributed by atoms with E-state index in [4.69, 9.17) is 4.42 Å². The zero-order chi connectivity index (χ0) is 17.8. The van der Waals surface area contributed by atoms with Crippen LogP contribution in [0.1, 0.15) is 5.76 Å². The van der Waals surface area contributed by atoms with Crippen molar-refractivity contribution in [1.29, 1.82) is 0 Å². The Morgan fingerprint density at radius 1 is 1.32 bits per heavy atom. The lowest BCUT2D eigenvalue weighted by Gasteiger charge is -2.12. The molecule has 0 atom stereocenters. The van der Waals surface area contributed by atoms with Gasteiger partial charge in [0.1, 0.15) is 12.3 Å². The van der Waals surface area contributed by atoms with Gasteiger partial charge in [-0.1, -0.05) is 6.07 Å². The molecule has 3 rings (SSSR count). The van der Waals surface area contributed by atoms with Crippen LogP contribution in [0.3, 0.4) is 0 Å². The number of thioether (sulfide) groups is 2. The lowest BCUT2D eigenvalue weighted by molar-refractivity contribution is -0.127. The first-order chi connectivity index (χ1) is 12.1. The number of furan rings is 1. The topological polar surface area (TPSA) is 79.6 Å². The van der Waals surface area contributed by atoms with Crippen molar-refractivity contribution in [1.82, 2.24) is 4.90 Å². The molecule has 25 heavy (non-hydrogen) atoms. The molecule has 128 valence electrons. The SMILES string of the molecule is CSc1cccc(NC(=O)CN2C(=O)S/C(=C/c3ccco3)C2=O)c1. The molecule has 1 aromatic carbocycles. The first-order valence-electron chi connectivity index (χ1n) is 7.29. The number of hydrogen-bond donors (Lipinski definition) is 1. The van der Waals surface area contributed by atoms with E-state index < -0.39 is 17.1 Å². The predicted molar refractivity (Wildman–Crippen MR) is 98.2 cm³/mol. The van der Waals surface area contributed by atoms with Crippen molar-refractivity contribution in [2.45, 2.75) is 4.90 Å². The Bertz CT molecular complexity index is 846. The quantitative estimate of drug-likeness (QED) is 0.635. The van der Waals surface area contributed by atoms with Gasteiger partial charge < -0.3 is 9.73 Å². The molecule has 1 fully saturated rings. The molecule has 6 nitrogen and oxygen atoms in total. The standard InChI is InChI=1S/C17H14N2O4S2/c1-24-13-6-2-4-11(8-13)18-15(20)10-19-16(21)14(25-17(19)22)9-12-5-3-7-23-12/h2-9H,10H2,1H3,(H,18,20)/b14-9+. The molecule has 1 aliphatic heterocycles. The molecule has 1 aliphatic rings. The van der Waals surface area contributed by atoms with Crippen molar-refractivity contribution in [3.05, 3.63) is 53.3 Å². The molecule has 8 heteroatoms. The monoisotopic (exact) mass is 374 g/mol. The number of rotatable bonds is 5. The van der Waals surface area contributed by atoms with Gasteiger partial charge in [0.05, 0.1) is 11.2 Å².